The first-order valence-corrected chi connectivity index (χ1v) is 9.84. The number of nitrogens with one attached hydrogen (secondary N) is 1. The van der Waals surface area contributed by atoms with Gasteiger partial charge < -0.3 is 19.7 Å². The Balaban J connectivity index is 1.37. The fraction of sp³-hybridized carbons (Fsp3) is 0.409. The van der Waals surface area contributed by atoms with Crippen LogP contribution in [0.15, 0.2) is 30.3 Å². The highest BCUT2D eigenvalue weighted by molar-refractivity contribution is 5.93. The van der Waals surface area contributed by atoms with E-state index in [0.717, 1.165) is 18.4 Å². The molecule has 29 heavy (non-hydrogen) atoms. The lowest BCUT2D eigenvalue weighted by molar-refractivity contribution is -0.120. The standard InChI is InChI=1S/C22H24F2N2O3/c1-14-9-17(23)22(18(24)10-14)26-7-5-15(6-8-26)11-29-20-4-2-3-19-16(20)12-28-13-21(27)25-19/h2-4,9-10,15H,5-8,11-13H2,1H3,(H,25,27). The first-order valence-electron chi connectivity index (χ1n) is 9.84. The summed E-state index contributed by atoms with van der Waals surface area (Å²) in [5.74, 6) is -0.205. The van der Waals surface area contributed by atoms with Gasteiger partial charge >= 0.3 is 0 Å². The lowest BCUT2D eigenvalue weighted by Gasteiger charge is -2.34. The molecule has 0 spiro atoms. The van der Waals surface area contributed by atoms with Gasteiger partial charge in [0.2, 0.25) is 5.91 Å². The fourth-order valence-corrected chi connectivity index (χ4v) is 3.92. The third-order valence-electron chi connectivity index (χ3n) is 5.45. The van der Waals surface area contributed by atoms with Crippen LogP contribution in [0, 0.1) is 24.5 Å². The summed E-state index contributed by atoms with van der Waals surface area (Å²) in [6.45, 7) is 3.69. The zero-order chi connectivity index (χ0) is 20.4. The number of nitrogens with zero attached hydrogens (tertiary/aromatic N) is 1. The highest BCUT2D eigenvalue weighted by Gasteiger charge is 2.25. The van der Waals surface area contributed by atoms with Gasteiger partial charge in [0.25, 0.3) is 0 Å². The maximum atomic E-state index is 14.2. The Labute approximate surface area is 168 Å². The number of amides is 1. The summed E-state index contributed by atoms with van der Waals surface area (Å²) >= 11 is 0. The summed E-state index contributed by atoms with van der Waals surface area (Å²) in [4.78, 5) is 13.4. The minimum absolute atomic E-state index is 0.0265. The zero-order valence-electron chi connectivity index (χ0n) is 16.3. The molecule has 1 fully saturated rings. The maximum Gasteiger partial charge on any atom is 0.250 e. The fourth-order valence-electron chi connectivity index (χ4n) is 3.92. The Morgan fingerprint density at radius 1 is 1.17 bits per heavy atom. The number of halogens is 2. The van der Waals surface area contributed by atoms with Gasteiger partial charge in [-0.15, -0.1) is 0 Å². The van der Waals surface area contributed by atoms with E-state index in [2.05, 4.69) is 5.32 Å². The summed E-state index contributed by atoms with van der Waals surface area (Å²) in [5, 5.41) is 2.82. The summed E-state index contributed by atoms with van der Waals surface area (Å²) in [7, 11) is 0. The molecule has 2 aromatic carbocycles. The largest absolute Gasteiger partial charge is 0.493 e. The number of anilines is 2. The Morgan fingerprint density at radius 2 is 1.90 bits per heavy atom. The lowest BCUT2D eigenvalue weighted by Crippen LogP contribution is -2.36. The molecule has 2 aliphatic rings. The van der Waals surface area contributed by atoms with Gasteiger partial charge in [0.15, 0.2) is 0 Å². The maximum absolute atomic E-state index is 14.2. The monoisotopic (exact) mass is 402 g/mol. The van der Waals surface area contributed by atoms with Crippen molar-refractivity contribution < 1.29 is 23.0 Å². The first kappa shape index (κ1) is 19.6. The summed E-state index contributed by atoms with van der Waals surface area (Å²) < 4.78 is 39.9. The second kappa shape index (κ2) is 8.37. The van der Waals surface area contributed by atoms with Crippen molar-refractivity contribution in [2.75, 3.05) is 36.5 Å². The predicted molar refractivity (Wildman–Crippen MR) is 106 cm³/mol. The average molecular weight is 402 g/mol. The third-order valence-corrected chi connectivity index (χ3v) is 5.45. The van der Waals surface area contributed by atoms with Crippen molar-refractivity contribution in [3.05, 3.63) is 53.1 Å². The van der Waals surface area contributed by atoms with Gasteiger partial charge in [-0.05, 0) is 55.5 Å². The molecule has 0 bridgehead atoms. The molecule has 1 saturated heterocycles. The molecule has 1 N–H and O–H groups in total. The van der Waals surface area contributed by atoms with Gasteiger partial charge in [-0.3, -0.25) is 4.79 Å². The summed E-state index contributed by atoms with van der Waals surface area (Å²) in [6.07, 6.45) is 1.57. The minimum atomic E-state index is -0.508. The van der Waals surface area contributed by atoms with E-state index >= 15 is 0 Å². The van der Waals surface area contributed by atoms with Gasteiger partial charge in [0.1, 0.15) is 29.7 Å². The average Bonchev–Trinajstić information content (AvgIpc) is 2.87. The number of ether oxygens (including phenoxy) is 2. The van der Waals surface area contributed by atoms with Crippen LogP contribution >= 0.6 is 0 Å². The van der Waals surface area contributed by atoms with Crippen LogP contribution in [0.3, 0.4) is 0 Å². The van der Waals surface area contributed by atoms with Gasteiger partial charge in [0, 0.05) is 18.7 Å². The minimum Gasteiger partial charge on any atom is -0.493 e. The van der Waals surface area contributed by atoms with E-state index in [0.29, 0.717) is 49.2 Å². The van der Waals surface area contributed by atoms with Crippen LogP contribution in [0.5, 0.6) is 5.75 Å². The van der Waals surface area contributed by atoms with Crippen molar-refractivity contribution in [1.82, 2.24) is 0 Å². The van der Waals surface area contributed by atoms with E-state index in [9.17, 15) is 13.6 Å². The molecule has 0 atom stereocenters. The molecule has 5 nitrogen and oxygen atoms in total. The van der Waals surface area contributed by atoms with Crippen molar-refractivity contribution in [3.8, 4) is 5.75 Å². The SMILES string of the molecule is Cc1cc(F)c(N2CCC(COc3cccc4c3COCC(=O)N4)CC2)c(F)c1. The normalized spacial score (nSPS) is 17.5. The summed E-state index contributed by atoms with van der Waals surface area (Å²) in [5.41, 5.74) is 2.19. The van der Waals surface area contributed by atoms with Crippen LogP contribution in [-0.4, -0.2) is 32.2 Å². The van der Waals surface area contributed by atoms with Crippen molar-refractivity contribution in [3.63, 3.8) is 0 Å². The van der Waals surface area contributed by atoms with E-state index in [1.165, 1.54) is 12.1 Å². The molecule has 2 heterocycles. The topological polar surface area (TPSA) is 50.8 Å². The molecule has 0 aliphatic carbocycles. The van der Waals surface area contributed by atoms with Crippen LogP contribution in [0.4, 0.5) is 20.2 Å². The molecule has 0 aromatic heterocycles. The number of aryl methyl sites for hydroxylation is 1. The molecular formula is C22H24F2N2O3. The van der Waals surface area contributed by atoms with Crippen LogP contribution in [0.2, 0.25) is 0 Å². The third kappa shape index (κ3) is 4.34. The number of piperidine rings is 1. The number of rotatable bonds is 4. The van der Waals surface area contributed by atoms with Gasteiger partial charge in [-0.2, -0.15) is 0 Å². The smallest absolute Gasteiger partial charge is 0.250 e. The predicted octanol–water partition coefficient (Wildman–Crippen LogP) is 4.04. The second-order valence-electron chi connectivity index (χ2n) is 7.64. The molecule has 0 radical (unpaired) electrons. The second-order valence-corrected chi connectivity index (χ2v) is 7.64. The summed E-state index contributed by atoms with van der Waals surface area (Å²) in [6, 6.07) is 8.28. The van der Waals surface area contributed by atoms with Crippen molar-refractivity contribution in [1.29, 1.82) is 0 Å². The molecule has 2 aliphatic heterocycles. The molecule has 1 amide bonds. The van der Waals surface area contributed by atoms with E-state index in [-0.39, 0.29) is 18.2 Å². The lowest BCUT2D eigenvalue weighted by atomic mass is 9.97. The van der Waals surface area contributed by atoms with Gasteiger partial charge in [-0.1, -0.05) is 6.07 Å². The van der Waals surface area contributed by atoms with E-state index in [1.807, 2.05) is 18.2 Å². The quantitative estimate of drug-likeness (QED) is 0.839. The number of fused-ring (bicyclic) bond motifs is 1. The van der Waals surface area contributed by atoms with Gasteiger partial charge in [-0.25, -0.2) is 8.78 Å². The molecule has 7 heteroatoms. The van der Waals surface area contributed by atoms with Crippen LogP contribution in [0.25, 0.3) is 0 Å². The van der Waals surface area contributed by atoms with Crippen molar-refractivity contribution in [2.24, 2.45) is 5.92 Å². The number of hydrogen-bond donors (Lipinski definition) is 1. The zero-order valence-corrected chi connectivity index (χ0v) is 16.3. The van der Waals surface area contributed by atoms with E-state index < -0.39 is 11.6 Å². The number of hydrogen-bond acceptors (Lipinski definition) is 4. The molecular weight excluding hydrogens is 378 g/mol. The van der Waals surface area contributed by atoms with Crippen LogP contribution < -0.4 is 15.0 Å². The first-order chi connectivity index (χ1) is 14.0. The molecule has 154 valence electrons. The Kier molecular flexibility index (Phi) is 5.67. The van der Waals surface area contributed by atoms with Crippen LogP contribution in [0.1, 0.15) is 24.0 Å². The Bertz CT molecular complexity index is 888. The highest BCUT2D eigenvalue weighted by Crippen LogP contribution is 2.32. The Morgan fingerprint density at radius 3 is 2.62 bits per heavy atom. The number of carbonyl (C=O) groups excluding carboxylic acids is 1. The van der Waals surface area contributed by atoms with E-state index in [4.69, 9.17) is 9.47 Å². The molecule has 0 saturated carbocycles. The van der Waals surface area contributed by atoms with Gasteiger partial charge in [0.05, 0.1) is 18.9 Å². The molecule has 4 rings (SSSR count). The highest BCUT2D eigenvalue weighted by atomic mass is 19.1. The number of benzene rings is 2. The Hall–Kier alpha value is -2.67. The van der Waals surface area contributed by atoms with Crippen molar-refractivity contribution >= 4 is 17.3 Å². The van der Waals surface area contributed by atoms with E-state index in [1.54, 1.807) is 11.8 Å². The molecule has 0 unspecified atom stereocenters. The molecule has 2 aromatic rings. The van der Waals surface area contributed by atoms with Crippen LogP contribution in [-0.2, 0) is 16.1 Å². The van der Waals surface area contributed by atoms with Crippen molar-refractivity contribution in [2.45, 2.75) is 26.4 Å². The number of carbonyl (C=O) groups is 1.